The second-order valence-electron chi connectivity index (χ2n) is 4.61. The molecule has 2 aromatic carbocycles. The summed E-state index contributed by atoms with van der Waals surface area (Å²) in [6, 6.07) is 11.3. The first-order valence-electron chi connectivity index (χ1n) is 6.23. The molecular formula is C16H16INO2. The number of ether oxygens (including phenoxy) is 1. The summed E-state index contributed by atoms with van der Waals surface area (Å²) in [6.07, 6.45) is 0. The maximum atomic E-state index is 12.2. The van der Waals surface area contributed by atoms with E-state index in [1.807, 2.05) is 44.2 Å². The second kappa shape index (κ2) is 6.26. The van der Waals surface area contributed by atoms with Gasteiger partial charge in [-0.3, -0.25) is 4.79 Å². The number of halogens is 1. The summed E-state index contributed by atoms with van der Waals surface area (Å²) in [6.45, 7) is 3.93. The van der Waals surface area contributed by atoms with Crippen LogP contribution in [0.1, 0.15) is 21.5 Å². The van der Waals surface area contributed by atoms with Gasteiger partial charge in [-0.05, 0) is 77.9 Å². The van der Waals surface area contributed by atoms with Gasteiger partial charge in [-0.1, -0.05) is 6.07 Å². The quantitative estimate of drug-likeness (QED) is 0.811. The maximum Gasteiger partial charge on any atom is 0.255 e. The molecule has 2 rings (SSSR count). The van der Waals surface area contributed by atoms with Crippen LogP contribution < -0.4 is 10.1 Å². The van der Waals surface area contributed by atoms with E-state index >= 15 is 0 Å². The van der Waals surface area contributed by atoms with Crippen molar-refractivity contribution in [3.05, 3.63) is 56.7 Å². The lowest BCUT2D eigenvalue weighted by atomic mass is 10.1. The molecule has 0 saturated heterocycles. The Hall–Kier alpha value is -1.56. The molecule has 3 nitrogen and oxygen atoms in total. The number of anilines is 1. The van der Waals surface area contributed by atoms with E-state index in [0.29, 0.717) is 5.56 Å². The van der Waals surface area contributed by atoms with Crippen molar-refractivity contribution in [2.24, 2.45) is 0 Å². The first-order valence-corrected chi connectivity index (χ1v) is 7.31. The van der Waals surface area contributed by atoms with E-state index in [1.54, 1.807) is 13.2 Å². The molecule has 2 aromatic rings. The average Bonchev–Trinajstić information content (AvgIpc) is 2.38. The van der Waals surface area contributed by atoms with Crippen LogP contribution in [0, 0.1) is 17.4 Å². The number of methoxy groups -OCH3 is 1. The molecule has 0 aliphatic rings. The first kappa shape index (κ1) is 14.8. The summed E-state index contributed by atoms with van der Waals surface area (Å²) >= 11 is 2.19. The average molecular weight is 381 g/mol. The summed E-state index contributed by atoms with van der Waals surface area (Å²) < 4.78 is 6.36. The minimum Gasteiger partial charge on any atom is -0.496 e. The highest BCUT2D eigenvalue weighted by Gasteiger charge is 2.09. The molecule has 1 amide bonds. The number of rotatable bonds is 3. The van der Waals surface area contributed by atoms with Crippen LogP contribution in [-0.4, -0.2) is 13.0 Å². The van der Waals surface area contributed by atoms with Gasteiger partial charge in [0.1, 0.15) is 5.75 Å². The van der Waals surface area contributed by atoms with E-state index in [0.717, 1.165) is 26.1 Å². The molecule has 0 saturated carbocycles. The zero-order chi connectivity index (χ0) is 14.7. The lowest BCUT2D eigenvalue weighted by molar-refractivity contribution is 0.102. The fourth-order valence-corrected chi connectivity index (χ4v) is 2.72. The van der Waals surface area contributed by atoms with Crippen LogP contribution in [-0.2, 0) is 0 Å². The third kappa shape index (κ3) is 3.30. The predicted octanol–water partition coefficient (Wildman–Crippen LogP) is 4.17. The number of carbonyl (C=O) groups is 1. The van der Waals surface area contributed by atoms with Gasteiger partial charge in [0.25, 0.3) is 5.91 Å². The summed E-state index contributed by atoms with van der Waals surface area (Å²) in [5.41, 5.74) is 3.45. The Balaban J connectivity index is 2.24. The predicted molar refractivity (Wildman–Crippen MR) is 89.6 cm³/mol. The van der Waals surface area contributed by atoms with Crippen LogP contribution in [0.2, 0.25) is 0 Å². The van der Waals surface area contributed by atoms with E-state index < -0.39 is 0 Å². The summed E-state index contributed by atoms with van der Waals surface area (Å²) in [5, 5.41) is 2.92. The molecule has 0 fully saturated rings. The van der Waals surface area contributed by atoms with Crippen molar-refractivity contribution in [2.45, 2.75) is 13.8 Å². The number of hydrogen-bond donors (Lipinski definition) is 1. The molecule has 20 heavy (non-hydrogen) atoms. The highest BCUT2D eigenvalue weighted by Crippen LogP contribution is 2.27. The van der Waals surface area contributed by atoms with Gasteiger partial charge in [0.2, 0.25) is 0 Å². The second-order valence-corrected chi connectivity index (χ2v) is 5.85. The van der Waals surface area contributed by atoms with E-state index in [2.05, 4.69) is 27.9 Å². The smallest absolute Gasteiger partial charge is 0.255 e. The van der Waals surface area contributed by atoms with Gasteiger partial charge in [-0.25, -0.2) is 0 Å². The Kier molecular flexibility index (Phi) is 4.65. The number of hydrogen-bond acceptors (Lipinski definition) is 2. The molecule has 1 N–H and O–H groups in total. The lowest BCUT2D eigenvalue weighted by Crippen LogP contribution is -2.12. The maximum absolute atomic E-state index is 12.2. The van der Waals surface area contributed by atoms with Crippen molar-refractivity contribution in [1.82, 2.24) is 0 Å². The molecule has 104 valence electrons. The topological polar surface area (TPSA) is 38.3 Å². The Labute approximate surface area is 132 Å². The minimum absolute atomic E-state index is 0.104. The zero-order valence-electron chi connectivity index (χ0n) is 11.7. The number of carbonyl (C=O) groups excluding carboxylic acids is 1. The third-order valence-corrected chi connectivity index (χ3v) is 3.68. The fraction of sp³-hybridized carbons (Fsp3) is 0.188. The Morgan fingerprint density at radius 1 is 1.15 bits per heavy atom. The lowest BCUT2D eigenvalue weighted by Gasteiger charge is -2.12. The molecule has 0 aliphatic heterocycles. The van der Waals surface area contributed by atoms with Crippen LogP contribution in [0.5, 0.6) is 5.75 Å². The van der Waals surface area contributed by atoms with Crippen molar-refractivity contribution in [2.75, 3.05) is 12.4 Å². The van der Waals surface area contributed by atoms with Crippen molar-refractivity contribution < 1.29 is 9.53 Å². The summed E-state index contributed by atoms with van der Waals surface area (Å²) in [7, 11) is 1.65. The SMILES string of the molecule is COc1c(C)cc(NC(=O)c2cccc(I)c2)cc1C. The molecular weight excluding hydrogens is 365 g/mol. The van der Waals surface area contributed by atoms with Gasteiger partial charge < -0.3 is 10.1 Å². The van der Waals surface area contributed by atoms with Crippen molar-refractivity contribution in [3.63, 3.8) is 0 Å². The fourth-order valence-electron chi connectivity index (χ4n) is 2.18. The van der Waals surface area contributed by atoms with Gasteiger partial charge in [-0.2, -0.15) is 0 Å². The normalized spacial score (nSPS) is 10.2. The van der Waals surface area contributed by atoms with Gasteiger partial charge in [0.05, 0.1) is 7.11 Å². The number of benzene rings is 2. The Morgan fingerprint density at radius 3 is 2.35 bits per heavy atom. The highest BCUT2D eigenvalue weighted by atomic mass is 127. The van der Waals surface area contributed by atoms with Crippen LogP contribution in [0.25, 0.3) is 0 Å². The molecule has 4 heteroatoms. The number of nitrogens with one attached hydrogen (secondary N) is 1. The van der Waals surface area contributed by atoms with Crippen molar-refractivity contribution in [3.8, 4) is 5.75 Å². The summed E-state index contributed by atoms with van der Waals surface area (Å²) in [5.74, 6) is 0.754. The van der Waals surface area contributed by atoms with Crippen LogP contribution in [0.3, 0.4) is 0 Å². The summed E-state index contributed by atoms with van der Waals surface area (Å²) in [4.78, 5) is 12.2. The monoisotopic (exact) mass is 381 g/mol. The standard InChI is InChI=1S/C16H16INO2/c1-10-7-14(8-11(2)15(10)20-3)18-16(19)12-5-4-6-13(17)9-12/h4-9H,1-3H3,(H,18,19). The van der Waals surface area contributed by atoms with Crippen LogP contribution in [0.4, 0.5) is 5.69 Å². The Morgan fingerprint density at radius 2 is 1.80 bits per heavy atom. The van der Waals surface area contributed by atoms with Crippen LogP contribution in [0.15, 0.2) is 36.4 Å². The van der Waals surface area contributed by atoms with Crippen molar-refractivity contribution in [1.29, 1.82) is 0 Å². The molecule has 0 unspecified atom stereocenters. The molecule has 0 radical (unpaired) electrons. The third-order valence-electron chi connectivity index (χ3n) is 3.01. The van der Waals surface area contributed by atoms with E-state index in [4.69, 9.17) is 4.74 Å². The highest BCUT2D eigenvalue weighted by molar-refractivity contribution is 14.1. The van der Waals surface area contributed by atoms with Crippen molar-refractivity contribution >= 4 is 34.2 Å². The minimum atomic E-state index is -0.104. The molecule has 0 aliphatic carbocycles. The van der Waals surface area contributed by atoms with Gasteiger partial charge in [-0.15, -0.1) is 0 Å². The zero-order valence-corrected chi connectivity index (χ0v) is 13.8. The molecule has 0 atom stereocenters. The van der Waals surface area contributed by atoms with Gasteiger partial charge >= 0.3 is 0 Å². The van der Waals surface area contributed by atoms with E-state index in [1.165, 1.54) is 0 Å². The van der Waals surface area contributed by atoms with Gasteiger partial charge in [0, 0.05) is 14.8 Å². The van der Waals surface area contributed by atoms with E-state index in [-0.39, 0.29) is 5.91 Å². The number of aryl methyl sites for hydroxylation is 2. The van der Waals surface area contributed by atoms with E-state index in [9.17, 15) is 4.79 Å². The largest absolute Gasteiger partial charge is 0.496 e. The molecule has 0 heterocycles. The Bertz CT molecular complexity index is 630. The number of amides is 1. The van der Waals surface area contributed by atoms with Crippen LogP contribution >= 0.6 is 22.6 Å². The van der Waals surface area contributed by atoms with Gasteiger partial charge in [0.15, 0.2) is 0 Å². The first-order chi connectivity index (χ1) is 9.51. The molecule has 0 aromatic heterocycles. The molecule has 0 spiro atoms. The molecule has 0 bridgehead atoms.